The maximum Gasteiger partial charge on any atom is 0.265 e. The van der Waals surface area contributed by atoms with Crippen LogP contribution in [-0.2, 0) is 14.8 Å². The van der Waals surface area contributed by atoms with Gasteiger partial charge in [0.1, 0.15) is 11.0 Å². The van der Waals surface area contributed by atoms with Gasteiger partial charge in [-0.25, -0.2) is 8.42 Å². The highest BCUT2D eigenvalue weighted by Gasteiger charge is 2.29. The largest absolute Gasteiger partial charge is 0.385 e. The van der Waals surface area contributed by atoms with E-state index >= 15 is 0 Å². The van der Waals surface area contributed by atoms with Gasteiger partial charge >= 0.3 is 0 Å². The second-order valence-electron chi connectivity index (χ2n) is 8.82. The number of carbonyl (C=O) groups excluding carboxylic acids is 1. The van der Waals surface area contributed by atoms with Crippen LogP contribution in [0.5, 0.6) is 0 Å². The standard InChI is InChI=1S/C23H29N5O4S/c1-15-6-5-9-27(13-15)33(30,31)19-7-8-20-21(12-19)28(26-25-20)32-14-22(29)24-23-17(3)10-16(2)11-18(23)4/h7-8,10-12,15H,5-6,9,13-14H2,1-4H3,(H,24,29). The number of aromatic nitrogens is 3. The molecule has 1 aliphatic heterocycles. The number of sulfonamides is 1. The Morgan fingerprint density at radius 1 is 1.18 bits per heavy atom. The molecule has 176 valence electrons. The van der Waals surface area contributed by atoms with Gasteiger partial charge in [-0.15, -0.1) is 5.10 Å². The van der Waals surface area contributed by atoms with E-state index in [-0.39, 0.29) is 17.4 Å². The lowest BCUT2D eigenvalue weighted by Gasteiger charge is -2.30. The molecule has 0 aliphatic carbocycles. The number of nitrogens with zero attached hydrogens (tertiary/aromatic N) is 4. The van der Waals surface area contributed by atoms with Crippen LogP contribution in [-0.4, -0.2) is 53.5 Å². The van der Waals surface area contributed by atoms with E-state index in [0.29, 0.717) is 30.0 Å². The SMILES string of the molecule is Cc1cc(C)c(NC(=O)COn2nnc3ccc(S(=O)(=O)N4CCCC(C)C4)cc32)c(C)c1. The van der Waals surface area contributed by atoms with E-state index < -0.39 is 10.0 Å². The lowest BCUT2D eigenvalue weighted by Crippen LogP contribution is -2.39. The molecule has 1 aromatic heterocycles. The average Bonchev–Trinajstić information content (AvgIpc) is 3.17. The Bertz CT molecular complexity index is 1280. The third-order valence-corrected chi connectivity index (χ3v) is 7.76. The minimum absolute atomic E-state index is 0.159. The third kappa shape index (κ3) is 4.86. The summed E-state index contributed by atoms with van der Waals surface area (Å²) in [4.78, 5) is 19.3. The Morgan fingerprint density at radius 3 is 2.61 bits per heavy atom. The van der Waals surface area contributed by atoms with Crippen molar-refractivity contribution in [1.29, 1.82) is 0 Å². The fourth-order valence-corrected chi connectivity index (χ4v) is 5.94. The van der Waals surface area contributed by atoms with E-state index in [4.69, 9.17) is 4.84 Å². The fraction of sp³-hybridized carbons (Fsp3) is 0.435. The first-order valence-electron chi connectivity index (χ1n) is 11.0. The zero-order valence-corrected chi connectivity index (χ0v) is 20.1. The van der Waals surface area contributed by atoms with E-state index in [1.54, 1.807) is 6.07 Å². The molecule has 2 heterocycles. The van der Waals surface area contributed by atoms with Crippen molar-refractivity contribution in [3.63, 3.8) is 0 Å². The first kappa shape index (κ1) is 23.2. The molecule has 4 rings (SSSR count). The molecule has 2 aromatic carbocycles. The summed E-state index contributed by atoms with van der Waals surface area (Å²) in [5.74, 6) is -0.0214. The van der Waals surface area contributed by atoms with E-state index in [9.17, 15) is 13.2 Å². The molecule has 10 heteroatoms. The smallest absolute Gasteiger partial charge is 0.265 e. The van der Waals surface area contributed by atoms with Crippen molar-refractivity contribution >= 4 is 32.7 Å². The summed E-state index contributed by atoms with van der Waals surface area (Å²) in [6.07, 6.45) is 1.87. The normalized spacial score (nSPS) is 17.3. The van der Waals surface area contributed by atoms with Gasteiger partial charge in [0.2, 0.25) is 10.0 Å². The fourth-order valence-electron chi connectivity index (χ4n) is 4.32. The van der Waals surface area contributed by atoms with Crippen molar-refractivity contribution in [2.75, 3.05) is 25.0 Å². The molecule has 0 radical (unpaired) electrons. The molecule has 0 bridgehead atoms. The minimum Gasteiger partial charge on any atom is -0.385 e. The van der Waals surface area contributed by atoms with Crippen LogP contribution in [0.4, 0.5) is 5.69 Å². The Kier molecular flexibility index (Phi) is 6.40. The van der Waals surface area contributed by atoms with Crippen LogP contribution >= 0.6 is 0 Å². The van der Waals surface area contributed by atoms with Crippen LogP contribution in [0, 0.1) is 26.7 Å². The van der Waals surface area contributed by atoms with Crippen molar-refractivity contribution in [2.45, 2.75) is 45.4 Å². The Balaban J connectivity index is 1.50. The topological polar surface area (TPSA) is 106 Å². The molecule has 33 heavy (non-hydrogen) atoms. The first-order chi connectivity index (χ1) is 15.6. The van der Waals surface area contributed by atoms with Gasteiger partial charge in [-0.1, -0.05) is 29.5 Å². The van der Waals surface area contributed by atoms with E-state index in [2.05, 4.69) is 22.6 Å². The number of hydrogen-bond donors (Lipinski definition) is 1. The number of piperidine rings is 1. The van der Waals surface area contributed by atoms with Crippen LogP contribution in [0.15, 0.2) is 35.2 Å². The van der Waals surface area contributed by atoms with Gasteiger partial charge in [-0.05, 0) is 74.1 Å². The Morgan fingerprint density at radius 2 is 1.91 bits per heavy atom. The third-order valence-electron chi connectivity index (χ3n) is 5.90. The van der Waals surface area contributed by atoms with Gasteiger partial charge in [0.25, 0.3) is 5.91 Å². The first-order valence-corrected chi connectivity index (χ1v) is 12.5. The van der Waals surface area contributed by atoms with Crippen LogP contribution < -0.4 is 10.2 Å². The van der Waals surface area contributed by atoms with E-state index in [1.807, 2.05) is 32.9 Å². The molecule has 1 saturated heterocycles. The van der Waals surface area contributed by atoms with Gasteiger partial charge in [-0.3, -0.25) is 4.79 Å². The van der Waals surface area contributed by atoms with Gasteiger partial charge in [0.05, 0.1) is 4.90 Å². The summed E-state index contributed by atoms with van der Waals surface area (Å²) in [5, 5.41) is 10.8. The van der Waals surface area contributed by atoms with Gasteiger partial charge in [0.15, 0.2) is 6.61 Å². The molecular weight excluding hydrogens is 442 g/mol. The molecule has 1 amide bonds. The molecule has 1 N–H and O–H groups in total. The molecule has 1 unspecified atom stereocenters. The maximum atomic E-state index is 13.1. The molecule has 1 aliphatic rings. The Labute approximate surface area is 193 Å². The number of fused-ring (bicyclic) bond motifs is 1. The minimum atomic E-state index is -3.64. The second kappa shape index (κ2) is 9.11. The van der Waals surface area contributed by atoms with Crippen LogP contribution in [0.1, 0.15) is 36.5 Å². The second-order valence-corrected chi connectivity index (χ2v) is 10.8. The monoisotopic (exact) mass is 471 g/mol. The number of hydrogen-bond acceptors (Lipinski definition) is 6. The van der Waals surface area contributed by atoms with Gasteiger partial charge in [-0.2, -0.15) is 4.31 Å². The summed E-state index contributed by atoms with van der Waals surface area (Å²) >= 11 is 0. The van der Waals surface area contributed by atoms with Gasteiger partial charge < -0.3 is 10.2 Å². The summed E-state index contributed by atoms with van der Waals surface area (Å²) < 4.78 is 27.8. The lowest BCUT2D eigenvalue weighted by atomic mass is 10.0. The van der Waals surface area contributed by atoms with Crippen molar-refractivity contribution in [2.24, 2.45) is 5.92 Å². The predicted molar refractivity (Wildman–Crippen MR) is 125 cm³/mol. The van der Waals surface area contributed by atoms with Crippen molar-refractivity contribution in [1.82, 2.24) is 19.5 Å². The molecular formula is C23H29N5O4S. The zero-order valence-electron chi connectivity index (χ0n) is 19.3. The zero-order chi connectivity index (χ0) is 23.8. The number of carbonyl (C=O) groups is 1. The average molecular weight is 472 g/mol. The number of rotatable bonds is 6. The van der Waals surface area contributed by atoms with Crippen LogP contribution in [0.3, 0.4) is 0 Å². The number of amides is 1. The highest BCUT2D eigenvalue weighted by molar-refractivity contribution is 7.89. The summed E-state index contributed by atoms with van der Waals surface area (Å²) in [5.41, 5.74) is 4.67. The summed E-state index contributed by atoms with van der Waals surface area (Å²) in [6, 6.07) is 8.63. The van der Waals surface area contributed by atoms with Crippen molar-refractivity contribution in [3.8, 4) is 0 Å². The number of anilines is 1. The molecule has 1 atom stereocenters. The predicted octanol–water partition coefficient (Wildman–Crippen LogP) is 2.84. The molecule has 1 fully saturated rings. The number of aryl methyl sites for hydroxylation is 3. The lowest BCUT2D eigenvalue weighted by molar-refractivity contribution is -0.121. The van der Waals surface area contributed by atoms with Crippen molar-refractivity contribution in [3.05, 3.63) is 47.0 Å². The van der Waals surface area contributed by atoms with Crippen LogP contribution in [0.2, 0.25) is 0 Å². The molecule has 9 nitrogen and oxygen atoms in total. The van der Waals surface area contributed by atoms with Crippen molar-refractivity contribution < 1.29 is 18.0 Å². The molecule has 0 spiro atoms. The quantitative estimate of drug-likeness (QED) is 0.593. The van der Waals surface area contributed by atoms with Gasteiger partial charge in [0, 0.05) is 18.8 Å². The molecule has 3 aromatic rings. The highest BCUT2D eigenvalue weighted by atomic mass is 32.2. The van der Waals surface area contributed by atoms with E-state index in [1.165, 1.54) is 16.4 Å². The maximum absolute atomic E-state index is 13.1. The van der Waals surface area contributed by atoms with E-state index in [0.717, 1.165) is 40.1 Å². The number of benzene rings is 2. The summed E-state index contributed by atoms with van der Waals surface area (Å²) in [7, 11) is -3.64. The highest BCUT2D eigenvalue weighted by Crippen LogP contribution is 2.25. The molecule has 0 saturated carbocycles. The number of nitrogens with one attached hydrogen (secondary N) is 1. The van der Waals surface area contributed by atoms with Crippen LogP contribution in [0.25, 0.3) is 11.0 Å². The Hall–Kier alpha value is -2.98. The summed E-state index contributed by atoms with van der Waals surface area (Å²) in [6.45, 7) is 8.65.